The number of aromatic nitrogens is 2. The SMILES string of the molecule is CC(C)(C)C1C(=O)N(Cc2nc3cc(Cl)c(Cl)cc3[nH]2)CCN1C(=O)O. The molecule has 1 aliphatic heterocycles. The van der Waals surface area contributed by atoms with E-state index >= 15 is 0 Å². The predicted molar refractivity (Wildman–Crippen MR) is 99.5 cm³/mol. The first kappa shape index (κ1) is 18.8. The molecule has 2 amide bonds. The molecule has 1 aliphatic rings. The van der Waals surface area contributed by atoms with Crippen LogP contribution in [0.4, 0.5) is 4.79 Å². The van der Waals surface area contributed by atoms with E-state index in [0.29, 0.717) is 27.9 Å². The van der Waals surface area contributed by atoms with Crippen molar-refractivity contribution in [3.05, 3.63) is 28.0 Å². The van der Waals surface area contributed by atoms with Gasteiger partial charge in [0, 0.05) is 13.1 Å². The highest BCUT2D eigenvalue weighted by molar-refractivity contribution is 6.42. The summed E-state index contributed by atoms with van der Waals surface area (Å²) in [7, 11) is 0. The molecular formula is C17H20Cl2N4O3. The fourth-order valence-electron chi connectivity index (χ4n) is 3.29. The largest absolute Gasteiger partial charge is 0.465 e. The summed E-state index contributed by atoms with van der Waals surface area (Å²) in [5, 5.41) is 10.3. The number of H-pyrrole nitrogens is 1. The van der Waals surface area contributed by atoms with Gasteiger partial charge >= 0.3 is 6.09 Å². The third kappa shape index (κ3) is 3.46. The number of benzene rings is 1. The Hall–Kier alpha value is -1.99. The lowest BCUT2D eigenvalue weighted by atomic mass is 9.83. The molecule has 140 valence electrons. The summed E-state index contributed by atoms with van der Waals surface area (Å²) in [4.78, 5) is 34.9. The quantitative estimate of drug-likeness (QED) is 0.808. The maximum absolute atomic E-state index is 13.0. The Labute approximate surface area is 160 Å². The standard InChI is InChI=1S/C17H20Cl2N4O3/c1-17(2,3)14-15(24)22(4-5-23(14)16(25)26)8-13-20-11-6-9(18)10(19)7-12(11)21-13/h6-7,14H,4-5,8H2,1-3H3,(H,20,21)(H,25,26). The van der Waals surface area contributed by atoms with Crippen LogP contribution in [-0.4, -0.2) is 56.0 Å². The van der Waals surface area contributed by atoms with Crippen LogP contribution in [0.5, 0.6) is 0 Å². The average Bonchev–Trinajstić information content (AvgIpc) is 2.89. The van der Waals surface area contributed by atoms with Gasteiger partial charge < -0.3 is 15.0 Å². The summed E-state index contributed by atoms with van der Waals surface area (Å²) < 4.78 is 0. The molecule has 26 heavy (non-hydrogen) atoms. The van der Waals surface area contributed by atoms with Gasteiger partial charge in [-0.2, -0.15) is 0 Å². The lowest BCUT2D eigenvalue weighted by molar-refractivity contribution is -0.146. The van der Waals surface area contributed by atoms with Crippen molar-refractivity contribution in [3.63, 3.8) is 0 Å². The first-order valence-corrected chi connectivity index (χ1v) is 8.95. The number of imidazole rings is 1. The summed E-state index contributed by atoms with van der Waals surface area (Å²) in [6, 6.07) is 2.63. The van der Waals surface area contributed by atoms with Gasteiger partial charge in [0.05, 0.1) is 27.6 Å². The van der Waals surface area contributed by atoms with Crippen LogP contribution in [0.25, 0.3) is 11.0 Å². The maximum Gasteiger partial charge on any atom is 0.408 e. The van der Waals surface area contributed by atoms with Gasteiger partial charge in [0.15, 0.2) is 0 Å². The van der Waals surface area contributed by atoms with Gasteiger partial charge in [-0.1, -0.05) is 44.0 Å². The van der Waals surface area contributed by atoms with Crippen molar-refractivity contribution in [2.75, 3.05) is 13.1 Å². The fraction of sp³-hybridized carbons (Fsp3) is 0.471. The van der Waals surface area contributed by atoms with Crippen LogP contribution in [0.3, 0.4) is 0 Å². The van der Waals surface area contributed by atoms with Crippen LogP contribution in [0.15, 0.2) is 12.1 Å². The van der Waals surface area contributed by atoms with Crippen LogP contribution >= 0.6 is 23.2 Å². The van der Waals surface area contributed by atoms with Gasteiger partial charge in [0.2, 0.25) is 5.91 Å². The Kier molecular flexibility index (Phi) is 4.79. The van der Waals surface area contributed by atoms with Gasteiger partial charge in [-0.05, 0) is 17.5 Å². The van der Waals surface area contributed by atoms with Gasteiger partial charge in [-0.25, -0.2) is 9.78 Å². The molecule has 7 nitrogen and oxygen atoms in total. The minimum atomic E-state index is -1.08. The van der Waals surface area contributed by atoms with Crippen molar-refractivity contribution in [3.8, 4) is 0 Å². The van der Waals surface area contributed by atoms with Gasteiger partial charge in [-0.3, -0.25) is 9.69 Å². The van der Waals surface area contributed by atoms with Crippen LogP contribution in [0.2, 0.25) is 10.0 Å². The average molecular weight is 399 g/mol. The number of nitrogens with zero attached hydrogens (tertiary/aromatic N) is 3. The Morgan fingerprint density at radius 3 is 2.58 bits per heavy atom. The van der Waals surface area contributed by atoms with E-state index in [9.17, 15) is 14.7 Å². The zero-order chi connectivity index (χ0) is 19.2. The lowest BCUT2D eigenvalue weighted by Gasteiger charge is -2.44. The summed E-state index contributed by atoms with van der Waals surface area (Å²) in [6.07, 6.45) is -1.08. The van der Waals surface area contributed by atoms with Gasteiger partial charge in [-0.15, -0.1) is 0 Å². The fourth-order valence-corrected chi connectivity index (χ4v) is 3.61. The van der Waals surface area contributed by atoms with E-state index in [-0.39, 0.29) is 19.0 Å². The molecule has 9 heteroatoms. The van der Waals surface area contributed by atoms with Crippen molar-refractivity contribution in [2.24, 2.45) is 5.41 Å². The molecule has 1 atom stereocenters. The highest BCUT2D eigenvalue weighted by Crippen LogP contribution is 2.30. The summed E-state index contributed by atoms with van der Waals surface area (Å²) in [5.74, 6) is 0.380. The zero-order valence-corrected chi connectivity index (χ0v) is 16.2. The van der Waals surface area contributed by atoms with Crippen molar-refractivity contribution in [1.29, 1.82) is 0 Å². The predicted octanol–water partition coefficient (Wildman–Crippen LogP) is 3.61. The number of piperazine rings is 1. The number of fused-ring (bicyclic) bond motifs is 1. The van der Waals surface area contributed by atoms with Crippen LogP contribution < -0.4 is 0 Å². The summed E-state index contributed by atoms with van der Waals surface area (Å²) in [5.41, 5.74) is 0.889. The molecule has 2 heterocycles. The Morgan fingerprint density at radius 1 is 1.31 bits per heavy atom. The number of halogens is 2. The third-order valence-corrected chi connectivity index (χ3v) is 5.17. The number of hydrogen-bond donors (Lipinski definition) is 2. The van der Waals surface area contributed by atoms with E-state index < -0.39 is 17.6 Å². The molecule has 1 unspecified atom stereocenters. The third-order valence-electron chi connectivity index (χ3n) is 4.45. The topological polar surface area (TPSA) is 89.5 Å². The van der Waals surface area contributed by atoms with E-state index in [4.69, 9.17) is 23.2 Å². The highest BCUT2D eigenvalue weighted by atomic mass is 35.5. The number of carbonyl (C=O) groups excluding carboxylic acids is 1. The first-order valence-electron chi connectivity index (χ1n) is 8.20. The number of rotatable bonds is 2. The first-order chi connectivity index (χ1) is 12.1. The van der Waals surface area contributed by atoms with Crippen molar-refractivity contribution < 1.29 is 14.7 Å². The summed E-state index contributed by atoms with van der Waals surface area (Å²) >= 11 is 12.0. The number of nitrogens with one attached hydrogen (secondary N) is 1. The zero-order valence-electron chi connectivity index (χ0n) is 14.7. The van der Waals surface area contributed by atoms with E-state index in [1.807, 2.05) is 20.8 Å². The van der Waals surface area contributed by atoms with E-state index in [1.54, 1.807) is 17.0 Å². The van der Waals surface area contributed by atoms with E-state index in [2.05, 4.69) is 9.97 Å². The number of carbonyl (C=O) groups is 2. The molecule has 1 saturated heterocycles. The number of amides is 2. The molecule has 1 fully saturated rings. The van der Waals surface area contributed by atoms with Gasteiger partial charge in [0.25, 0.3) is 0 Å². The van der Waals surface area contributed by atoms with E-state index in [0.717, 1.165) is 5.52 Å². The van der Waals surface area contributed by atoms with Crippen LogP contribution in [-0.2, 0) is 11.3 Å². The molecule has 0 saturated carbocycles. The second kappa shape index (κ2) is 6.63. The Morgan fingerprint density at radius 2 is 1.96 bits per heavy atom. The van der Waals surface area contributed by atoms with Crippen molar-refractivity contribution >= 4 is 46.2 Å². The minimum Gasteiger partial charge on any atom is -0.465 e. The molecule has 1 aromatic carbocycles. The minimum absolute atomic E-state index is 0.220. The maximum atomic E-state index is 13.0. The lowest BCUT2D eigenvalue weighted by Crippen LogP contribution is -2.62. The normalized spacial score (nSPS) is 18.7. The molecule has 1 aromatic heterocycles. The number of aromatic amines is 1. The van der Waals surface area contributed by atoms with E-state index in [1.165, 1.54) is 4.90 Å². The second-order valence-electron chi connectivity index (χ2n) is 7.47. The molecular weight excluding hydrogens is 379 g/mol. The smallest absolute Gasteiger partial charge is 0.408 e. The highest BCUT2D eigenvalue weighted by Gasteiger charge is 2.44. The summed E-state index contributed by atoms with van der Waals surface area (Å²) in [6.45, 7) is 6.43. The molecule has 2 N–H and O–H groups in total. The molecule has 2 aromatic rings. The number of carboxylic acid groups (broad SMARTS) is 1. The van der Waals surface area contributed by atoms with Crippen molar-refractivity contribution in [1.82, 2.24) is 19.8 Å². The molecule has 0 radical (unpaired) electrons. The molecule has 3 rings (SSSR count). The van der Waals surface area contributed by atoms with Crippen LogP contribution in [0, 0.1) is 5.41 Å². The number of hydrogen-bond acceptors (Lipinski definition) is 3. The monoisotopic (exact) mass is 398 g/mol. The van der Waals surface area contributed by atoms with Crippen molar-refractivity contribution in [2.45, 2.75) is 33.4 Å². The molecule has 0 spiro atoms. The Bertz CT molecular complexity index is 836. The second-order valence-corrected chi connectivity index (χ2v) is 8.29. The van der Waals surface area contributed by atoms with Crippen LogP contribution in [0.1, 0.15) is 26.6 Å². The molecule has 0 aliphatic carbocycles. The Balaban J connectivity index is 1.86. The molecule has 0 bridgehead atoms. The van der Waals surface area contributed by atoms with Gasteiger partial charge in [0.1, 0.15) is 11.9 Å².